The van der Waals surface area contributed by atoms with Gasteiger partial charge in [-0.25, -0.2) is 4.79 Å². The van der Waals surface area contributed by atoms with E-state index < -0.39 is 6.04 Å². The van der Waals surface area contributed by atoms with Crippen molar-refractivity contribution < 1.29 is 9.59 Å². The zero-order chi connectivity index (χ0) is 14.5. The number of urea groups is 1. The molecule has 0 radical (unpaired) electrons. The average Bonchev–Trinajstić information content (AvgIpc) is 2.93. The first-order valence-electron chi connectivity index (χ1n) is 6.72. The van der Waals surface area contributed by atoms with Crippen LogP contribution >= 0.6 is 0 Å². The van der Waals surface area contributed by atoms with E-state index in [0.29, 0.717) is 13.0 Å². The van der Waals surface area contributed by atoms with Crippen LogP contribution in [0.5, 0.6) is 0 Å². The second-order valence-corrected chi connectivity index (χ2v) is 4.89. The van der Waals surface area contributed by atoms with Crippen LogP contribution in [0, 0.1) is 6.92 Å². The van der Waals surface area contributed by atoms with Gasteiger partial charge in [-0.15, -0.1) is 0 Å². The number of aryl methyl sites for hydroxylation is 1. The van der Waals surface area contributed by atoms with E-state index in [0.717, 1.165) is 17.7 Å². The van der Waals surface area contributed by atoms with Gasteiger partial charge in [0.25, 0.3) is 5.91 Å². The number of nitrogens with zero attached hydrogens (tertiary/aromatic N) is 1. The van der Waals surface area contributed by atoms with Gasteiger partial charge in [0.15, 0.2) is 0 Å². The van der Waals surface area contributed by atoms with E-state index in [2.05, 4.69) is 16.2 Å². The quantitative estimate of drug-likeness (QED) is 0.727. The number of rotatable bonds is 3. The minimum absolute atomic E-state index is 0.187. The van der Waals surface area contributed by atoms with Crippen LogP contribution in [0.3, 0.4) is 0 Å². The molecule has 0 bridgehead atoms. The van der Waals surface area contributed by atoms with Crippen molar-refractivity contribution in [3.8, 4) is 0 Å². The third-order valence-corrected chi connectivity index (χ3v) is 3.38. The normalized spacial score (nSPS) is 17.7. The van der Waals surface area contributed by atoms with E-state index >= 15 is 0 Å². The molecule has 6 nitrogen and oxygen atoms in total. The van der Waals surface area contributed by atoms with E-state index in [9.17, 15) is 9.59 Å². The Morgan fingerprint density at radius 2 is 2.15 bits per heavy atom. The summed E-state index contributed by atoms with van der Waals surface area (Å²) in [5, 5.41) is 2.56. The molecule has 1 aliphatic heterocycles. The third kappa shape index (κ3) is 3.20. The highest BCUT2D eigenvalue weighted by Crippen LogP contribution is 2.17. The highest BCUT2D eigenvalue weighted by Gasteiger charge is 2.33. The number of likely N-dealkylation sites (tertiary alicyclic amines) is 1. The van der Waals surface area contributed by atoms with Gasteiger partial charge in [0, 0.05) is 13.6 Å². The van der Waals surface area contributed by atoms with Crippen LogP contribution in [0.1, 0.15) is 18.4 Å². The molecule has 1 heterocycles. The summed E-state index contributed by atoms with van der Waals surface area (Å²) in [6.45, 7) is 2.60. The standard InChI is InChI=1S/C14H20N4O2/c1-10-5-3-6-11(9-10)16-17-13(19)12-7-4-8-18(12)14(20)15-2/h3,5-6,9,12,16H,4,7-8H2,1-2H3,(H,15,20)(H,17,19). The topological polar surface area (TPSA) is 73.5 Å². The molecule has 0 spiro atoms. The lowest BCUT2D eigenvalue weighted by molar-refractivity contribution is -0.124. The number of carbonyl (C=O) groups excluding carboxylic acids is 2. The van der Waals surface area contributed by atoms with Gasteiger partial charge in [0.2, 0.25) is 0 Å². The fraction of sp³-hybridized carbons (Fsp3) is 0.429. The first-order valence-corrected chi connectivity index (χ1v) is 6.72. The Balaban J connectivity index is 1.93. The molecule has 0 aromatic heterocycles. The summed E-state index contributed by atoms with van der Waals surface area (Å²) in [4.78, 5) is 25.4. The summed E-state index contributed by atoms with van der Waals surface area (Å²) in [7, 11) is 1.57. The minimum atomic E-state index is -0.410. The highest BCUT2D eigenvalue weighted by atomic mass is 16.2. The lowest BCUT2D eigenvalue weighted by Gasteiger charge is -2.23. The van der Waals surface area contributed by atoms with Gasteiger partial charge in [-0.05, 0) is 37.5 Å². The molecule has 1 aromatic rings. The number of carbonyl (C=O) groups is 2. The van der Waals surface area contributed by atoms with E-state index in [1.165, 1.54) is 0 Å². The van der Waals surface area contributed by atoms with Crippen LogP contribution in [-0.4, -0.2) is 36.5 Å². The number of benzene rings is 1. The predicted molar refractivity (Wildman–Crippen MR) is 77.1 cm³/mol. The lowest BCUT2D eigenvalue weighted by atomic mass is 10.2. The molecule has 20 heavy (non-hydrogen) atoms. The highest BCUT2D eigenvalue weighted by molar-refractivity contribution is 5.88. The molecule has 0 aliphatic carbocycles. The van der Waals surface area contributed by atoms with Gasteiger partial charge >= 0.3 is 6.03 Å². The summed E-state index contributed by atoms with van der Waals surface area (Å²) in [6.07, 6.45) is 1.53. The third-order valence-electron chi connectivity index (χ3n) is 3.38. The van der Waals surface area contributed by atoms with Crippen LogP contribution in [0.4, 0.5) is 10.5 Å². The Bertz CT molecular complexity index is 504. The van der Waals surface area contributed by atoms with Gasteiger partial charge in [0.1, 0.15) is 6.04 Å². The SMILES string of the molecule is CNC(=O)N1CCCC1C(=O)NNc1cccc(C)c1. The van der Waals surface area contributed by atoms with Crippen molar-refractivity contribution in [3.05, 3.63) is 29.8 Å². The number of hydrazine groups is 1. The first-order chi connectivity index (χ1) is 9.61. The fourth-order valence-electron chi connectivity index (χ4n) is 2.37. The molecule has 0 saturated carbocycles. The zero-order valence-corrected chi connectivity index (χ0v) is 11.8. The predicted octanol–water partition coefficient (Wildman–Crippen LogP) is 1.24. The van der Waals surface area contributed by atoms with Crippen LogP contribution in [0.15, 0.2) is 24.3 Å². The molecule has 1 aromatic carbocycles. The van der Waals surface area contributed by atoms with Crippen molar-refractivity contribution >= 4 is 17.6 Å². The molecule has 1 aliphatic rings. The summed E-state index contributed by atoms with van der Waals surface area (Å²) in [5.41, 5.74) is 7.48. The largest absolute Gasteiger partial charge is 0.341 e. The fourth-order valence-corrected chi connectivity index (χ4v) is 2.37. The van der Waals surface area contributed by atoms with Gasteiger partial charge in [0.05, 0.1) is 5.69 Å². The monoisotopic (exact) mass is 276 g/mol. The molecule has 6 heteroatoms. The number of amides is 3. The van der Waals surface area contributed by atoms with Crippen molar-refractivity contribution in [2.45, 2.75) is 25.8 Å². The molecule has 1 atom stereocenters. The summed E-state index contributed by atoms with van der Waals surface area (Å²) >= 11 is 0. The van der Waals surface area contributed by atoms with E-state index in [1.807, 2.05) is 31.2 Å². The average molecular weight is 276 g/mol. The summed E-state index contributed by atoms with van der Waals surface area (Å²) in [6, 6.07) is 7.09. The van der Waals surface area contributed by atoms with Crippen molar-refractivity contribution in [3.63, 3.8) is 0 Å². The number of anilines is 1. The maximum Gasteiger partial charge on any atom is 0.317 e. The Morgan fingerprint density at radius 3 is 2.85 bits per heavy atom. The van der Waals surface area contributed by atoms with Gasteiger partial charge in [-0.2, -0.15) is 0 Å². The van der Waals surface area contributed by atoms with Crippen molar-refractivity contribution in [1.82, 2.24) is 15.6 Å². The number of hydrogen-bond donors (Lipinski definition) is 3. The molecular weight excluding hydrogens is 256 g/mol. The van der Waals surface area contributed by atoms with Gasteiger partial charge < -0.3 is 10.2 Å². The first kappa shape index (κ1) is 14.2. The number of nitrogens with one attached hydrogen (secondary N) is 3. The van der Waals surface area contributed by atoms with Crippen LogP contribution in [0.2, 0.25) is 0 Å². The smallest absolute Gasteiger partial charge is 0.317 e. The second kappa shape index (κ2) is 6.27. The Morgan fingerprint density at radius 1 is 1.35 bits per heavy atom. The zero-order valence-electron chi connectivity index (χ0n) is 11.8. The van der Waals surface area contributed by atoms with E-state index in [4.69, 9.17) is 0 Å². The molecule has 1 saturated heterocycles. The second-order valence-electron chi connectivity index (χ2n) is 4.89. The Kier molecular flexibility index (Phi) is 4.45. The Labute approximate surface area is 118 Å². The van der Waals surface area contributed by atoms with Crippen molar-refractivity contribution in [2.24, 2.45) is 0 Å². The maximum atomic E-state index is 12.1. The molecule has 1 unspecified atom stereocenters. The van der Waals surface area contributed by atoms with Gasteiger partial charge in [-0.1, -0.05) is 12.1 Å². The Hall–Kier alpha value is -2.24. The van der Waals surface area contributed by atoms with E-state index in [1.54, 1.807) is 11.9 Å². The molecule has 2 rings (SSSR count). The van der Waals surface area contributed by atoms with Crippen LogP contribution < -0.4 is 16.2 Å². The number of hydrogen-bond acceptors (Lipinski definition) is 3. The van der Waals surface area contributed by atoms with Crippen LogP contribution in [0.25, 0.3) is 0 Å². The summed E-state index contributed by atoms with van der Waals surface area (Å²) in [5.74, 6) is -0.187. The van der Waals surface area contributed by atoms with Crippen LogP contribution in [-0.2, 0) is 4.79 Å². The minimum Gasteiger partial charge on any atom is -0.341 e. The van der Waals surface area contributed by atoms with E-state index in [-0.39, 0.29) is 11.9 Å². The molecule has 108 valence electrons. The molecule has 3 N–H and O–H groups in total. The van der Waals surface area contributed by atoms with Crippen molar-refractivity contribution in [2.75, 3.05) is 19.0 Å². The maximum absolute atomic E-state index is 12.1. The summed E-state index contributed by atoms with van der Waals surface area (Å²) < 4.78 is 0. The van der Waals surface area contributed by atoms with Crippen molar-refractivity contribution in [1.29, 1.82) is 0 Å². The molecular formula is C14H20N4O2. The molecule has 1 fully saturated rings. The van der Waals surface area contributed by atoms with Gasteiger partial charge in [-0.3, -0.25) is 15.6 Å². The molecule has 3 amide bonds. The lowest BCUT2D eigenvalue weighted by Crippen LogP contribution is -2.49.